The van der Waals surface area contributed by atoms with Crippen molar-refractivity contribution < 1.29 is 0 Å². The standard InChI is InChI=1S/C5H12.C4H11N.C2H6/c1-5(2,3)4;1-2-3-4-5;1-2/h1-4H3;2-5H2,1H3;1-2H3. The van der Waals surface area contributed by atoms with Gasteiger partial charge in [-0.25, -0.2) is 0 Å². The molecule has 0 fully saturated rings. The van der Waals surface area contributed by atoms with Gasteiger partial charge in [0, 0.05) is 0 Å². The molecule has 0 unspecified atom stereocenters. The Kier molecular flexibility index (Phi) is 20.2. The third-order valence-electron chi connectivity index (χ3n) is 0.558. The topological polar surface area (TPSA) is 26.0 Å². The van der Waals surface area contributed by atoms with Crippen LogP contribution in [0.25, 0.3) is 0 Å². The van der Waals surface area contributed by atoms with Crippen molar-refractivity contribution in [3.63, 3.8) is 0 Å². The van der Waals surface area contributed by atoms with E-state index in [0.29, 0.717) is 5.41 Å². The van der Waals surface area contributed by atoms with Gasteiger partial charge in [-0.05, 0) is 18.4 Å². The van der Waals surface area contributed by atoms with E-state index in [9.17, 15) is 0 Å². The van der Waals surface area contributed by atoms with Crippen molar-refractivity contribution in [1.29, 1.82) is 0 Å². The van der Waals surface area contributed by atoms with E-state index in [2.05, 4.69) is 34.6 Å². The van der Waals surface area contributed by atoms with Gasteiger partial charge < -0.3 is 5.73 Å². The van der Waals surface area contributed by atoms with Gasteiger partial charge in [0.2, 0.25) is 0 Å². The van der Waals surface area contributed by atoms with Crippen LogP contribution in [0.3, 0.4) is 0 Å². The van der Waals surface area contributed by atoms with E-state index < -0.39 is 0 Å². The quantitative estimate of drug-likeness (QED) is 0.678. The molecule has 0 aromatic rings. The molecule has 2 N–H and O–H groups in total. The summed E-state index contributed by atoms with van der Waals surface area (Å²) in [5, 5.41) is 0. The second-order valence-corrected chi connectivity index (χ2v) is 4.14. The van der Waals surface area contributed by atoms with E-state index in [1.807, 2.05) is 13.8 Å². The van der Waals surface area contributed by atoms with Crippen molar-refractivity contribution in [2.45, 2.75) is 61.3 Å². The summed E-state index contributed by atoms with van der Waals surface area (Å²) in [6.45, 7) is 15.7. The van der Waals surface area contributed by atoms with E-state index in [4.69, 9.17) is 5.73 Å². The Labute approximate surface area is 79.7 Å². The number of nitrogens with two attached hydrogens (primary N) is 1. The van der Waals surface area contributed by atoms with Gasteiger partial charge in [-0.1, -0.05) is 54.9 Å². The van der Waals surface area contributed by atoms with Gasteiger partial charge in [-0.15, -0.1) is 0 Å². The van der Waals surface area contributed by atoms with Crippen LogP contribution in [0, 0.1) is 5.41 Å². The molecule has 1 nitrogen and oxygen atoms in total. The number of unbranched alkanes of at least 4 members (excludes halogenated alkanes) is 1. The molecule has 0 aliphatic rings. The minimum absolute atomic E-state index is 0.500. The fraction of sp³-hybridized carbons (Fsp3) is 1.00. The first kappa shape index (κ1) is 17.9. The molecule has 0 aliphatic heterocycles. The third kappa shape index (κ3) is 208. The van der Waals surface area contributed by atoms with Gasteiger partial charge in [-0.2, -0.15) is 0 Å². The van der Waals surface area contributed by atoms with Crippen LogP contribution in [0.4, 0.5) is 0 Å². The first-order chi connectivity index (χ1) is 5.41. The summed E-state index contributed by atoms with van der Waals surface area (Å²) in [4.78, 5) is 0. The third-order valence-corrected chi connectivity index (χ3v) is 0.558. The first-order valence-electron chi connectivity index (χ1n) is 5.12. The van der Waals surface area contributed by atoms with Crippen molar-refractivity contribution in [3.05, 3.63) is 0 Å². The molecule has 0 heterocycles. The minimum Gasteiger partial charge on any atom is -0.330 e. The SMILES string of the molecule is CC.CC(C)(C)C.CCCCN. The highest BCUT2D eigenvalue weighted by atomic mass is 14.5. The summed E-state index contributed by atoms with van der Waals surface area (Å²) in [5.41, 5.74) is 5.64. The zero-order valence-corrected chi connectivity index (χ0v) is 10.2. The lowest BCUT2D eigenvalue weighted by molar-refractivity contribution is 0.469. The molecule has 0 spiro atoms. The summed E-state index contributed by atoms with van der Waals surface area (Å²) in [5.74, 6) is 0. The van der Waals surface area contributed by atoms with Crippen molar-refractivity contribution >= 4 is 0 Å². The Hall–Kier alpha value is -0.0400. The highest BCUT2D eigenvalue weighted by Crippen LogP contribution is 2.07. The lowest BCUT2D eigenvalue weighted by atomic mass is 10.0. The molecule has 0 saturated carbocycles. The molecular formula is C11H29N. The number of rotatable bonds is 2. The molecule has 0 radical (unpaired) electrons. The van der Waals surface area contributed by atoms with Crippen LogP contribution in [-0.4, -0.2) is 6.54 Å². The highest BCUT2D eigenvalue weighted by molar-refractivity contribution is 4.47. The summed E-state index contributed by atoms with van der Waals surface area (Å²) in [6, 6.07) is 0. The van der Waals surface area contributed by atoms with Crippen molar-refractivity contribution in [2.75, 3.05) is 6.54 Å². The van der Waals surface area contributed by atoms with Crippen molar-refractivity contribution in [2.24, 2.45) is 11.1 Å². The molecule has 78 valence electrons. The molecule has 0 atom stereocenters. The van der Waals surface area contributed by atoms with E-state index >= 15 is 0 Å². The maximum Gasteiger partial charge on any atom is -0.00774 e. The Bertz CT molecular complexity index is 44.5. The van der Waals surface area contributed by atoms with Crippen LogP contribution in [0.2, 0.25) is 0 Å². The lowest BCUT2D eigenvalue weighted by Gasteiger charge is -2.05. The van der Waals surface area contributed by atoms with Crippen LogP contribution in [0.5, 0.6) is 0 Å². The zero-order chi connectivity index (χ0) is 10.6. The Morgan fingerprint density at radius 3 is 1.25 bits per heavy atom. The fourth-order valence-electron chi connectivity index (χ4n) is 0.204. The summed E-state index contributed by atoms with van der Waals surface area (Å²) in [6.07, 6.45) is 2.39. The summed E-state index contributed by atoms with van der Waals surface area (Å²) in [7, 11) is 0. The molecule has 0 bridgehead atoms. The largest absolute Gasteiger partial charge is 0.330 e. The Morgan fingerprint density at radius 1 is 1.00 bits per heavy atom. The van der Waals surface area contributed by atoms with Crippen molar-refractivity contribution in [1.82, 2.24) is 0 Å². The molecule has 0 saturated heterocycles. The molecule has 0 aliphatic carbocycles. The van der Waals surface area contributed by atoms with Gasteiger partial charge in [0.25, 0.3) is 0 Å². The Morgan fingerprint density at radius 2 is 1.25 bits per heavy atom. The second kappa shape index (κ2) is 13.5. The normalized spacial score (nSPS) is 9.00. The summed E-state index contributed by atoms with van der Waals surface area (Å²) < 4.78 is 0. The van der Waals surface area contributed by atoms with Crippen molar-refractivity contribution in [3.8, 4) is 0 Å². The van der Waals surface area contributed by atoms with Crippen LogP contribution in [-0.2, 0) is 0 Å². The Balaban J connectivity index is -0.000000112. The molecule has 12 heavy (non-hydrogen) atoms. The van der Waals surface area contributed by atoms with Crippen LogP contribution < -0.4 is 5.73 Å². The van der Waals surface area contributed by atoms with E-state index in [0.717, 1.165) is 6.54 Å². The smallest absolute Gasteiger partial charge is 0.00774 e. The van der Waals surface area contributed by atoms with Gasteiger partial charge >= 0.3 is 0 Å². The van der Waals surface area contributed by atoms with Crippen LogP contribution in [0.15, 0.2) is 0 Å². The highest BCUT2D eigenvalue weighted by Gasteiger charge is 1.95. The lowest BCUT2D eigenvalue weighted by Crippen LogP contribution is -1.95. The van der Waals surface area contributed by atoms with Crippen LogP contribution in [0.1, 0.15) is 61.3 Å². The number of hydrogen-bond donors (Lipinski definition) is 1. The fourth-order valence-corrected chi connectivity index (χ4v) is 0.204. The average molecular weight is 175 g/mol. The average Bonchev–Trinajstić information content (AvgIpc) is 1.90. The zero-order valence-electron chi connectivity index (χ0n) is 10.2. The monoisotopic (exact) mass is 175 g/mol. The molecule has 0 aromatic heterocycles. The summed E-state index contributed by atoms with van der Waals surface area (Å²) >= 11 is 0. The predicted octanol–water partition coefficient (Wildman–Crippen LogP) is 3.82. The van der Waals surface area contributed by atoms with Gasteiger partial charge in [0.1, 0.15) is 0 Å². The maximum atomic E-state index is 5.14. The molecule has 0 amide bonds. The van der Waals surface area contributed by atoms with E-state index in [-0.39, 0.29) is 0 Å². The first-order valence-corrected chi connectivity index (χ1v) is 5.12. The van der Waals surface area contributed by atoms with E-state index in [1.54, 1.807) is 0 Å². The molecule has 1 heteroatoms. The van der Waals surface area contributed by atoms with Gasteiger partial charge in [0.05, 0.1) is 0 Å². The maximum absolute atomic E-state index is 5.14. The van der Waals surface area contributed by atoms with Gasteiger partial charge in [-0.3, -0.25) is 0 Å². The van der Waals surface area contributed by atoms with Crippen LogP contribution >= 0.6 is 0 Å². The molecule has 0 rings (SSSR count). The predicted molar refractivity (Wildman–Crippen MR) is 60.4 cm³/mol. The van der Waals surface area contributed by atoms with Gasteiger partial charge in [0.15, 0.2) is 0 Å². The molecular weight excluding hydrogens is 146 g/mol. The minimum atomic E-state index is 0.500. The molecule has 0 aromatic carbocycles. The van der Waals surface area contributed by atoms with E-state index in [1.165, 1.54) is 12.8 Å². The number of hydrogen-bond acceptors (Lipinski definition) is 1. The second-order valence-electron chi connectivity index (χ2n) is 4.14.